The molecule has 1 aliphatic carbocycles. The summed E-state index contributed by atoms with van der Waals surface area (Å²) in [6, 6.07) is 17.1. The smallest absolute Gasteiger partial charge is 0.274 e. The molecule has 3 aromatic rings. The van der Waals surface area contributed by atoms with Gasteiger partial charge in [-0.2, -0.15) is 0 Å². The van der Waals surface area contributed by atoms with Gasteiger partial charge in [-0.05, 0) is 55.9 Å². The molecule has 1 atom stereocenters. The van der Waals surface area contributed by atoms with E-state index in [1.54, 1.807) is 36.6 Å². The molecule has 2 fully saturated rings. The minimum absolute atomic E-state index is 0.0256. The molecule has 0 radical (unpaired) electrons. The predicted molar refractivity (Wildman–Crippen MR) is 134 cm³/mol. The van der Waals surface area contributed by atoms with Crippen LogP contribution in [0.3, 0.4) is 0 Å². The molecule has 1 aliphatic heterocycles. The summed E-state index contributed by atoms with van der Waals surface area (Å²) in [4.78, 5) is 34.3. The molecular weight excluding hydrogens is 446 g/mol. The molecule has 0 bridgehead atoms. The zero-order valence-electron chi connectivity index (χ0n) is 19.3. The number of amides is 2. The fraction of sp³-hybridized carbons (Fsp3) is 0.370. The maximum Gasteiger partial charge on any atom is 0.274 e. The van der Waals surface area contributed by atoms with Crippen LogP contribution in [-0.2, 0) is 0 Å². The average Bonchev–Trinajstić information content (AvgIpc) is 3.65. The maximum atomic E-state index is 13.8. The number of carbonyl (C=O) groups is 2. The largest absolute Gasteiger partial charge is 0.497 e. The number of hydrogen-bond donors (Lipinski definition) is 1. The summed E-state index contributed by atoms with van der Waals surface area (Å²) in [6.45, 7) is 1.10. The van der Waals surface area contributed by atoms with E-state index in [2.05, 4.69) is 5.32 Å². The zero-order valence-corrected chi connectivity index (χ0v) is 20.1. The van der Waals surface area contributed by atoms with Gasteiger partial charge in [-0.25, -0.2) is 4.98 Å². The second-order valence-corrected chi connectivity index (χ2v) is 9.99. The lowest BCUT2D eigenvalue weighted by molar-refractivity contribution is 0.0598. The Morgan fingerprint density at radius 3 is 2.68 bits per heavy atom. The van der Waals surface area contributed by atoms with Crippen molar-refractivity contribution in [3.63, 3.8) is 0 Å². The number of benzene rings is 2. The van der Waals surface area contributed by atoms with Gasteiger partial charge in [0.05, 0.1) is 17.0 Å². The van der Waals surface area contributed by atoms with Crippen LogP contribution in [0, 0.1) is 0 Å². The average molecular weight is 476 g/mol. The maximum absolute atomic E-state index is 13.8. The van der Waals surface area contributed by atoms with Gasteiger partial charge in [0.2, 0.25) is 0 Å². The third-order valence-electron chi connectivity index (χ3n) is 6.53. The van der Waals surface area contributed by atoms with Crippen LogP contribution in [0.2, 0.25) is 0 Å². The molecule has 34 heavy (non-hydrogen) atoms. The number of aromatic nitrogens is 1. The van der Waals surface area contributed by atoms with Crippen LogP contribution in [0.4, 0.5) is 0 Å². The normalized spacial score (nSPS) is 17.9. The lowest BCUT2D eigenvalue weighted by Crippen LogP contribution is -2.49. The Morgan fingerprint density at radius 1 is 1.09 bits per heavy atom. The minimum atomic E-state index is -0.161. The number of ether oxygens (including phenoxy) is 1. The molecule has 1 N–H and O–H groups in total. The molecule has 5 rings (SSSR count). The molecule has 176 valence electrons. The highest BCUT2D eigenvalue weighted by atomic mass is 32.1. The fourth-order valence-electron chi connectivity index (χ4n) is 4.46. The number of nitrogens with one attached hydrogen (secondary N) is 1. The van der Waals surface area contributed by atoms with Crippen molar-refractivity contribution in [3.05, 3.63) is 70.9 Å². The summed E-state index contributed by atoms with van der Waals surface area (Å²) in [5, 5.41) is 4.10. The van der Waals surface area contributed by atoms with Crippen molar-refractivity contribution in [1.82, 2.24) is 15.2 Å². The Kier molecular flexibility index (Phi) is 6.63. The highest BCUT2D eigenvalue weighted by Crippen LogP contribution is 2.45. The van der Waals surface area contributed by atoms with Crippen molar-refractivity contribution in [2.24, 2.45) is 0 Å². The summed E-state index contributed by atoms with van der Waals surface area (Å²) in [7, 11) is 1.58. The quantitative estimate of drug-likeness (QED) is 0.515. The van der Waals surface area contributed by atoms with Crippen LogP contribution in [0.15, 0.2) is 54.6 Å². The van der Waals surface area contributed by atoms with Gasteiger partial charge in [0, 0.05) is 30.6 Å². The third-order valence-corrected chi connectivity index (χ3v) is 7.79. The Hall–Kier alpha value is -3.19. The van der Waals surface area contributed by atoms with E-state index in [9.17, 15) is 9.59 Å². The monoisotopic (exact) mass is 475 g/mol. The lowest BCUT2D eigenvalue weighted by atomic mass is 10.0. The molecule has 1 aromatic heterocycles. The van der Waals surface area contributed by atoms with Crippen molar-refractivity contribution in [2.45, 2.75) is 44.1 Å². The summed E-state index contributed by atoms with van der Waals surface area (Å²) >= 11 is 1.66. The Morgan fingerprint density at radius 2 is 1.91 bits per heavy atom. The number of likely N-dealkylation sites (tertiary alicyclic amines) is 1. The molecule has 7 heteroatoms. The van der Waals surface area contributed by atoms with Gasteiger partial charge in [-0.3, -0.25) is 9.59 Å². The van der Waals surface area contributed by atoms with Crippen molar-refractivity contribution in [1.29, 1.82) is 0 Å². The van der Waals surface area contributed by atoms with Crippen LogP contribution in [0.1, 0.15) is 63.9 Å². The molecule has 2 heterocycles. The molecule has 6 nitrogen and oxygen atoms in total. The summed E-state index contributed by atoms with van der Waals surface area (Å²) in [5.41, 5.74) is 2.15. The van der Waals surface area contributed by atoms with Crippen LogP contribution in [-0.4, -0.2) is 47.9 Å². The van der Waals surface area contributed by atoms with Crippen molar-refractivity contribution < 1.29 is 14.3 Å². The first-order valence-electron chi connectivity index (χ1n) is 11.9. The van der Waals surface area contributed by atoms with Crippen molar-refractivity contribution >= 4 is 23.2 Å². The Bertz CT molecular complexity index is 1170. The van der Waals surface area contributed by atoms with Crippen molar-refractivity contribution in [2.75, 3.05) is 20.2 Å². The SMILES string of the molecule is COc1cccc(C(=O)NCC2CCCCN2C(=O)c2nc(C3CC3)sc2-c2ccccc2)c1. The molecular formula is C27H29N3O3S. The summed E-state index contributed by atoms with van der Waals surface area (Å²) < 4.78 is 5.23. The van der Waals surface area contributed by atoms with Crippen LogP contribution >= 0.6 is 11.3 Å². The number of rotatable bonds is 7. The number of piperidine rings is 1. The zero-order chi connectivity index (χ0) is 23.5. The van der Waals surface area contributed by atoms with Crippen molar-refractivity contribution in [3.8, 4) is 16.2 Å². The first-order valence-corrected chi connectivity index (χ1v) is 12.7. The molecule has 1 unspecified atom stereocenters. The van der Waals surface area contributed by atoms with E-state index < -0.39 is 0 Å². The first-order chi connectivity index (χ1) is 16.6. The predicted octanol–water partition coefficient (Wildman–Crippen LogP) is 5.12. The van der Waals surface area contributed by atoms with E-state index in [0.717, 1.165) is 47.6 Å². The van der Waals surface area contributed by atoms with Gasteiger partial charge < -0.3 is 15.0 Å². The number of carbonyl (C=O) groups excluding carboxylic acids is 2. The standard InChI is InChI=1S/C27H29N3O3S/c1-33-22-12-7-10-20(16-22)25(31)28-17-21-11-5-6-15-30(21)27(32)23-24(18-8-3-2-4-9-18)34-26(29-23)19-13-14-19/h2-4,7-10,12,16,19,21H,5-6,11,13-15,17H2,1H3,(H,28,31). The topological polar surface area (TPSA) is 71.5 Å². The molecule has 1 saturated carbocycles. The lowest BCUT2D eigenvalue weighted by Gasteiger charge is -2.35. The van der Waals surface area contributed by atoms with E-state index in [1.807, 2.05) is 41.3 Å². The molecule has 2 amide bonds. The van der Waals surface area contributed by atoms with E-state index in [-0.39, 0.29) is 17.9 Å². The van der Waals surface area contributed by atoms with Gasteiger partial charge in [0.15, 0.2) is 0 Å². The number of methoxy groups -OCH3 is 1. The Balaban J connectivity index is 1.35. The third kappa shape index (κ3) is 4.85. The van der Waals surface area contributed by atoms with E-state index >= 15 is 0 Å². The fourth-order valence-corrected chi connectivity index (χ4v) is 5.70. The number of thiazole rings is 1. The van der Waals surface area contributed by atoms with E-state index in [0.29, 0.717) is 36.0 Å². The Labute approximate surface area is 204 Å². The summed E-state index contributed by atoms with van der Waals surface area (Å²) in [5.74, 6) is 0.952. The van der Waals surface area contributed by atoms with Crippen LogP contribution in [0.5, 0.6) is 5.75 Å². The second-order valence-electron chi connectivity index (χ2n) is 8.96. The highest BCUT2D eigenvalue weighted by Gasteiger charge is 2.34. The molecule has 2 aliphatic rings. The van der Waals surface area contributed by atoms with Crippen LogP contribution in [0.25, 0.3) is 10.4 Å². The minimum Gasteiger partial charge on any atom is -0.497 e. The van der Waals surface area contributed by atoms with E-state index in [1.165, 1.54) is 0 Å². The van der Waals surface area contributed by atoms with Gasteiger partial charge in [-0.1, -0.05) is 36.4 Å². The summed E-state index contributed by atoms with van der Waals surface area (Å²) in [6.07, 6.45) is 5.17. The van der Waals surface area contributed by atoms with Gasteiger partial charge in [0.1, 0.15) is 11.4 Å². The van der Waals surface area contributed by atoms with Gasteiger partial charge in [0.25, 0.3) is 11.8 Å². The van der Waals surface area contributed by atoms with Gasteiger partial charge in [-0.15, -0.1) is 11.3 Å². The highest BCUT2D eigenvalue weighted by molar-refractivity contribution is 7.15. The second kappa shape index (κ2) is 9.97. The van der Waals surface area contributed by atoms with Crippen LogP contribution < -0.4 is 10.1 Å². The molecule has 1 saturated heterocycles. The number of nitrogens with zero attached hydrogens (tertiary/aromatic N) is 2. The first kappa shape index (κ1) is 22.6. The van der Waals surface area contributed by atoms with Gasteiger partial charge >= 0.3 is 0 Å². The number of hydrogen-bond acceptors (Lipinski definition) is 5. The molecule has 2 aromatic carbocycles. The molecule has 0 spiro atoms. The van der Waals surface area contributed by atoms with E-state index in [4.69, 9.17) is 9.72 Å².